The molecule has 0 amide bonds. The van der Waals surface area contributed by atoms with E-state index in [1.54, 1.807) is 0 Å². The number of hydrogen-bond acceptors (Lipinski definition) is 4. The minimum atomic E-state index is -3.49. The molecule has 1 unspecified atom stereocenters. The van der Waals surface area contributed by atoms with E-state index in [-0.39, 0.29) is 16.8 Å². The van der Waals surface area contributed by atoms with Gasteiger partial charge in [0.05, 0.1) is 4.90 Å². The first-order chi connectivity index (χ1) is 8.95. The molecule has 1 aromatic heterocycles. The monoisotopic (exact) mass is 285 g/mol. The molecule has 0 fully saturated rings. The Labute approximate surface area is 115 Å². The van der Waals surface area contributed by atoms with Gasteiger partial charge >= 0.3 is 0 Å². The summed E-state index contributed by atoms with van der Waals surface area (Å²) >= 11 is 0. The van der Waals surface area contributed by atoms with Gasteiger partial charge in [-0.15, -0.1) is 0 Å². The second kappa shape index (κ2) is 7.45. The second-order valence-corrected chi connectivity index (χ2v) is 6.50. The number of sulfonamides is 1. The maximum Gasteiger partial charge on any atom is 0.240 e. The van der Waals surface area contributed by atoms with Crippen LogP contribution in [0.1, 0.15) is 46.0 Å². The van der Waals surface area contributed by atoms with Gasteiger partial charge in [-0.1, -0.05) is 32.6 Å². The van der Waals surface area contributed by atoms with Crippen LogP contribution in [0.25, 0.3) is 0 Å². The molecule has 5 nitrogen and oxygen atoms in total. The van der Waals surface area contributed by atoms with Gasteiger partial charge < -0.3 is 5.73 Å². The number of unbranched alkanes of at least 4 members (excludes halogenated alkanes) is 3. The summed E-state index contributed by atoms with van der Waals surface area (Å²) in [6, 6.07) is 2.74. The lowest BCUT2D eigenvalue weighted by atomic mass is 10.1. The number of anilines is 1. The summed E-state index contributed by atoms with van der Waals surface area (Å²) < 4.78 is 26.8. The summed E-state index contributed by atoms with van der Waals surface area (Å²) in [7, 11) is -3.49. The number of nitrogens with one attached hydrogen (secondary N) is 1. The summed E-state index contributed by atoms with van der Waals surface area (Å²) in [5.41, 5.74) is 5.50. The Kier molecular flexibility index (Phi) is 6.24. The van der Waals surface area contributed by atoms with Crippen LogP contribution in [0.15, 0.2) is 23.2 Å². The molecule has 1 rings (SSSR count). The van der Waals surface area contributed by atoms with E-state index in [1.165, 1.54) is 31.2 Å². The smallest absolute Gasteiger partial charge is 0.240 e. The summed E-state index contributed by atoms with van der Waals surface area (Å²) in [6.45, 7) is 4.04. The minimum absolute atomic E-state index is 0.0729. The molecule has 108 valence electrons. The molecule has 1 heterocycles. The Hall–Kier alpha value is -1.14. The number of nitrogens with zero attached hydrogens (tertiary/aromatic N) is 1. The van der Waals surface area contributed by atoms with Crippen molar-refractivity contribution in [2.24, 2.45) is 0 Å². The van der Waals surface area contributed by atoms with Crippen LogP contribution in [-0.2, 0) is 10.0 Å². The number of pyridine rings is 1. The zero-order chi connectivity index (χ0) is 14.3. The number of hydrogen-bond donors (Lipinski definition) is 2. The first kappa shape index (κ1) is 15.9. The second-order valence-electron chi connectivity index (χ2n) is 4.79. The van der Waals surface area contributed by atoms with Crippen LogP contribution in [0.5, 0.6) is 0 Å². The van der Waals surface area contributed by atoms with Crippen molar-refractivity contribution in [1.82, 2.24) is 9.71 Å². The number of aromatic nitrogens is 1. The van der Waals surface area contributed by atoms with Gasteiger partial charge in [-0.05, 0) is 19.4 Å². The molecule has 0 aliphatic carbocycles. The van der Waals surface area contributed by atoms with E-state index in [2.05, 4.69) is 16.6 Å². The SMILES string of the molecule is CCCCCCC(C)NS(=O)(=O)c1ccnc(N)c1. The molecule has 0 bridgehead atoms. The molecule has 19 heavy (non-hydrogen) atoms. The Balaban J connectivity index is 2.55. The Morgan fingerprint density at radius 1 is 1.37 bits per heavy atom. The van der Waals surface area contributed by atoms with Gasteiger partial charge in [0.2, 0.25) is 10.0 Å². The van der Waals surface area contributed by atoms with Gasteiger partial charge in [0, 0.05) is 18.3 Å². The summed E-state index contributed by atoms with van der Waals surface area (Å²) in [5.74, 6) is 0.207. The van der Waals surface area contributed by atoms with Gasteiger partial charge in [-0.2, -0.15) is 0 Å². The number of nitrogen functional groups attached to an aromatic ring is 1. The van der Waals surface area contributed by atoms with Crippen LogP contribution in [0.3, 0.4) is 0 Å². The highest BCUT2D eigenvalue weighted by molar-refractivity contribution is 7.89. The van der Waals surface area contributed by atoms with E-state index in [0.717, 1.165) is 19.3 Å². The molecular formula is C13H23N3O2S. The highest BCUT2D eigenvalue weighted by Crippen LogP contribution is 2.12. The van der Waals surface area contributed by atoms with Gasteiger partial charge in [0.1, 0.15) is 5.82 Å². The van der Waals surface area contributed by atoms with Crippen LogP contribution < -0.4 is 10.5 Å². The van der Waals surface area contributed by atoms with Crippen molar-refractivity contribution in [1.29, 1.82) is 0 Å². The van der Waals surface area contributed by atoms with E-state index >= 15 is 0 Å². The normalized spacial score (nSPS) is 13.4. The molecule has 0 saturated heterocycles. The highest BCUT2D eigenvalue weighted by Gasteiger charge is 2.17. The van der Waals surface area contributed by atoms with E-state index in [0.29, 0.717) is 0 Å². The van der Waals surface area contributed by atoms with Crippen molar-refractivity contribution < 1.29 is 8.42 Å². The van der Waals surface area contributed by atoms with Crippen LogP contribution in [0, 0.1) is 0 Å². The van der Waals surface area contributed by atoms with Crippen LogP contribution in [-0.4, -0.2) is 19.4 Å². The Morgan fingerprint density at radius 2 is 2.11 bits per heavy atom. The molecule has 1 aromatic rings. The molecule has 6 heteroatoms. The molecule has 0 aromatic carbocycles. The quantitative estimate of drug-likeness (QED) is 0.718. The molecule has 0 aliphatic rings. The fourth-order valence-corrected chi connectivity index (χ4v) is 3.16. The average molecular weight is 285 g/mol. The number of nitrogens with two attached hydrogens (primary N) is 1. The molecule has 3 N–H and O–H groups in total. The molecule has 0 spiro atoms. The largest absolute Gasteiger partial charge is 0.384 e. The van der Waals surface area contributed by atoms with Crippen LogP contribution >= 0.6 is 0 Å². The third-order valence-corrected chi connectivity index (χ3v) is 4.50. The van der Waals surface area contributed by atoms with Crippen LogP contribution in [0.4, 0.5) is 5.82 Å². The highest BCUT2D eigenvalue weighted by atomic mass is 32.2. The molecule has 0 aliphatic heterocycles. The van der Waals surface area contributed by atoms with Gasteiger partial charge in [-0.3, -0.25) is 0 Å². The van der Waals surface area contributed by atoms with Crippen molar-refractivity contribution in [2.45, 2.75) is 56.9 Å². The predicted molar refractivity (Wildman–Crippen MR) is 77.2 cm³/mol. The Bertz CT molecular complexity index is 488. The standard InChI is InChI=1S/C13H23N3O2S/c1-3-4-5-6-7-11(2)16-19(17,18)12-8-9-15-13(14)10-12/h8-11,16H,3-7H2,1-2H3,(H2,14,15). The van der Waals surface area contributed by atoms with Gasteiger partial charge in [0.25, 0.3) is 0 Å². The zero-order valence-electron chi connectivity index (χ0n) is 11.6. The lowest BCUT2D eigenvalue weighted by Gasteiger charge is -2.14. The number of rotatable bonds is 8. The fraction of sp³-hybridized carbons (Fsp3) is 0.615. The van der Waals surface area contributed by atoms with E-state index < -0.39 is 10.0 Å². The average Bonchev–Trinajstić information content (AvgIpc) is 2.34. The molecule has 0 radical (unpaired) electrons. The topological polar surface area (TPSA) is 85.1 Å². The molecule has 1 atom stereocenters. The van der Waals surface area contributed by atoms with Crippen molar-refractivity contribution in [3.05, 3.63) is 18.3 Å². The minimum Gasteiger partial charge on any atom is -0.384 e. The predicted octanol–water partition coefficient (Wildman–Crippen LogP) is 2.30. The summed E-state index contributed by atoms with van der Waals surface area (Å²) in [4.78, 5) is 3.96. The first-order valence-electron chi connectivity index (χ1n) is 6.69. The van der Waals surface area contributed by atoms with Gasteiger partial charge in [0.15, 0.2) is 0 Å². The maximum atomic E-state index is 12.1. The van der Waals surface area contributed by atoms with Gasteiger partial charge in [-0.25, -0.2) is 18.1 Å². The van der Waals surface area contributed by atoms with Crippen molar-refractivity contribution in [3.8, 4) is 0 Å². The lowest BCUT2D eigenvalue weighted by molar-refractivity contribution is 0.522. The van der Waals surface area contributed by atoms with E-state index in [1.807, 2.05) is 6.92 Å². The fourth-order valence-electron chi connectivity index (χ4n) is 1.86. The van der Waals surface area contributed by atoms with Crippen molar-refractivity contribution in [3.63, 3.8) is 0 Å². The van der Waals surface area contributed by atoms with E-state index in [9.17, 15) is 8.42 Å². The maximum absolute atomic E-state index is 12.1. The van der Waals surface area contributed by atoms with Crippen LogP contribution in [0.2, 0.25) is 0 Å². The third-order valence-electron chi connectivity index (χ3n) is 2.91. The van der Waals surface area contributed by atoms with E-state index in [4.69, 9.17) is 5.73 Å². The van der Waals surface area contributed by atoms with Crippen molar-refractivity contribution >= 4 is 15.8 Å². The Morgan fingerprint density at radius 3 is 2.74 bits per heavy atom. The lowest BCUT2D eigenvalue weighted by Crippen LogP contribution is -2.32. The molecule has 0 saturated carbocycles. The first-order valence-corrected chi connectivity index (χ1v) is 8.18. The third kappa shape index (κ3) is 5.57. The summed E-state index contributed by atoms with van der Waals surface area (Å²) in [6.07, 6.45) is 6.80. The van der Waals surface area contributed by atoms with Crippen molar-refractivity contribution in [2.75, 3.05) is 5.73 Å². The zero-order valence-corrected chi connectivity index (χ0v) is 12.4. The molecular weight excluding hydrogens is 262 g/mol. The summed E-state index contributed by atoms with van der Waals surface area (Å²) in [5, 5.41) is 0.